The molecular formula is C22H28F2N2. The standard InChI is InChI=1S/C22H28F2N2/c1-16(2)15-26-13-11-18(12-14-26)22(17-3-5-19(23)6-4-17)25-21-9-7-20(24)8-10-21/h3-10,16,18,22,25H,11-15H2,1-2H3. The lowest BCUT2D eigenvalue weighted by atomic mass is 9.85. The van der Waals surface area contributed by atoms with Crippen LogP contribution in [0.1, 0.15) is 38.3 Å². The van der Waals surface area contributed by atoms with Gasteiger partial charge in [0.15, 0.2) is 0 Å². The van der Waals surface area contributed by atoms with Crippen LogP contribution in [0.4, 0.5) is 14.5 Å². The van der Waals surface area contributed by atoms with E-state index in [9.17, 15) is 8.78 Å². The third-order valence-electron chi connectivity index (χ3n) is 5.12. The maximum atomic E-state index is 13.4. The van der Waals surface area contributed by atoms with Crippen molar-refractivity contribution in [2.45, 2.75) is 32.7 Å². The average molecular weight is 358 g/mol. The van der Waals surface area contributed by atoms with Crippen molar-refractivity contribution in [3.05, 3.63) is 65.7 Å². The minimum Gasteiger partial charge on any atom is -0.378 e. The molecule has 3 rings (SSSR count). The van der Waals surface area contributed by atoms with Gasteiger partial charge in [0, 0.05) is 12.2 Å². The number of piperidine rings is 1. The molecule has 1 unspecified atom stereocenters. The van der Waals surface area contributed by atoms with Gasteiger partial charge in [0.05, 0.1) is 6.04 Å². The summed E-state index contributed by atoms with van der Waals surface area (Å²) in [7, 11) is 0. The van der Waals surface area contributed by atoms with Crippen molar-refractivity contribution in [3.8, 4) is 0 Å². The Bertz CT molecular complexity index is 674. The second kappa shape index (κ2) is 8.63. The van der Waals surface area contributed by atoms with E-state index in [1.54, 1.807) is 12.1 Å². The second-order valence-corrected chi connectivity index (χ2v) is 7.71. The summed E-state index contributed by atoms with van der Waals surface area (Å²) in [6.07, 6.45) is 2.20. The number of anilines is 1. The van der Waals surface area contributed by atoms with Crippen LogP contribution >= 0.6 is 0 Å². The maximum absolute atomic E-state index is 13.4. The number of rotatable bonds is 6. The minimum absolute atomic E-state index is 0.0993. The van der Waals surface area contributed by atoms with Crippen LogP contribution in [0.25, 0.3) is 0 Å². The van der Waals surface area contributed by atoms with E-state index in [1.165, 1.54) is 24.3 Å². The number of hydrogen-bond acceptors (Lipinski definition) is 2. The van der Waals surface area contributed by atoms with Gasteiger partial charge >= 0.3 is 0 Å². The molecule has 0 saturated carbocycles. The Hall–Kier alpha value is -1.94. The van der Waals surface area contributed by atoms with Crippen LogP contribution < -0.4 is 5.32 Å². The molecule has 0 aromatic heterocycles. The summed E-state index contributed by atoms with van der Waals surface area (Å²) in [5, 5.41) is 3.56. The molecule has 0 radical (unpaired) electrons. The molecule has 1 heterocycles. The Morgan fingerprint density at radius 3 is 2.00 bits per heavy atom. The van der Waals surface area contributed by atoms with E-state index in [2.05, 4.69) is 24.1 Å². The summed E-state index contributed by atoms with van der Waals surface area (Å²) in [6.45, 7) is 7.82. The summed E-state index contributed by atoms with van der Waals surface area (Å²) >= 11 is 0. The lowest BCUT2D eigenvalue weighted by Crippen LogP contribution is -2.38. The number of nitrogens with one attached hydrogen (secondary N) is 1. The molecule has 1 aliphatic rings. The van der Waals surface area contributed by atoms with Gasteiger partial charge in [-0.25, -0.2) is 8.78 Å². The maximum Gasteiger partial charge on any atom is 0.123 e. The van der Waals surface area contributed by atoms with E-state index >= 15 is 0 Å². The molecule has 0 bridgehead atoms. The zero-order valence-electron chi connectivity index (χ0n) is 15.6. The fourth-order valence-corrected chi connectivity index (χ4v) is 3.85. The SMILES string of the molecule is CC(C)CN1CCC(C(Nc2ccc(F)cc2)c2ccc(F)cc2)CC1. The van der Waals surface area contributed by atoms with Crippen LogP contribution in [0.3, 0.4) is 0 Å². The summed E-state index contributed by atoms with van der Waals surface area (Å²) in [5.74, 6) is 0.683. The molecule has 1 fully saturated rings. The molecule has 1 saturated heterocycles. The third kappa shape index (κ3) is 5.04. The van der Waals surface area contributed by atoms with Crippen molar-refractivity contribution in [2.24, 2.45) is 11.8 Å². The van der Waals surface area contributed by atoms with E-state index in [0.717, 1.165) is 43.7 Å². The molecule has 4 heteroatoms. The third-order valence-corrected chi connectivity index (χ3v) is 5.12. The van der Waals surface area contributed by atoms with Gasteiger partial charge in [-0.15, -0.1) is 0 Å². The minimum atomic E-state index is -0.240. The molecule has 1 atom stereocenters. The van der Waals surface area contributed by atoms with Crippen molar-refractivity contribution in [1.82, 2.24) is 4.90 Å². The molecule has 2 nitrogen and oxygen atoms in total. The van der Waals surface area contributed by atoms with Crippen LogP contribution in [0.15, 0.2) is 48.5 Å². The number of halogens is 2. The highest BCUT2D eigenvalue weighted by Crippen LogP contribution is 2.34. The van der Waals surface area contributed by atoms with Crippen LogP contribution in [0.2, 0.25) is 0 Å². The highest BCUT2D eigenvalue weighted by atomic mass is 19.1. The first-order valence-corrected chi connectivity index (χ1v) is 9.51. The smallest absolute Gasteiger partial charge is 0.123 e. The lowest BCUT2D eigenvalue weighted by molar-refractivity contribution is 0.158. The van der Waals surface area contributed by atoms with Crippen LogP contribution in [0, 0.1) is 23.5 Å². The van der Waals surface area contributed by atoms with Gasteiger partial charge in [-0.2, -0.15) is 0 Å². The Morgan fingerprint density at radius 2 is 1.46 bits per heavy atom. The van der Waals surface area contributed by atoms with E-state index < -0.39 is 0 Å². The monoisotopic (exact) mass is 358 g/mol. The average Bonchev–Trinajstić information content (AvgIpc) is 2.62. The highest BCUT2D eigenvalue weighted by molar-refractivity contribution is 5.45. The summed E-state index contributed by atoms with van der Waals surface area (Å²) in [4.78, 5) is 2.53. The molecule has 0 amide bonds. The zero-order valence-corrected chi connectivity index (χ0v) is 15.6. The van der Waals surface area contributed by atoms with Gasteiger partial charge in [0.25, 0.3) is 0 Å². The van der Waals surface area contributed by atoms with Crippen LogP contribution in [-0.2, 0) is 0 Å². The quantitative estimate of drug-likeness (QED) is 0.735. The summed E-state index contributed by atoms with van der Waals surface area (Å²) in [6, 6.07) is 13.3. The predicted octanol–water partition coefficient (Wildman–Crippen LogP) is 5.49. The number of likely N-dealkylation sites (tertiary alicyclic amines) is 1. The predicted molar refractivity (Wildman–Crippen MR) is 103 cm³/mol. The molecule has 140 valence electrons. The van der Waals surface area contributed by atoms with Crippen molar-refractivity contribution in [2.75, 3.05) is 25.0 Å². The summed E-state index contributed by atoms with van der Waals surface area (Å²) < 4.78 is 26.6. The van der Waals surface area contributed by atoms with E-state index in [0.29, 0.717) is 11.8 Å². The van der Waals surface area contributed by atoms with Crippen molar-refractivity contribution >= 4 is 5.69 Å². The van der Waals surface area contributed by atoms with Crippen molar-refractivity contribution < 1.29 is 8.78 Å². The molecule has 2 aromatic carbocycles. The normalized spacial score (nSPS) is 17.4. The number of nitrogens with zero attached hydrogens (tertiary/aromatic N) is 1. The van der Waals surface area contributed by atoms with Gasteiger partial charge in [-0.1, -0.05) is 26.0 Å². The van der Waals surface area contributed by atoms with Gasteiger partial charge in [0.1, 0.15) is 11.6 Å². The topological polar surface area (TPSA) is 15.3 Å². The Morgan fingerprint density at radius 1 is 0.923 bits per heavy atom. The van der Waals surface area contributed by atoms with Crippen molar-refractivity contribution in [1.29, 1.82) is 0 Å². The molecule has 0 spiro atoms. The van der Waals surface area contributed by atoms with Gasteiger partial charge < -0.3 is 10.2 Å². The highest BCUT2D eigenvalue weighted by Gasteiger charge is 2.28. The Labute approximate surface area is 155 Å². The fourth-order valence-electron chi connectivity index (χ4n) is 3.85. The molecule has 2 aromatic rings. The fraction of sp³-hybridized carbons (Fsp3) is 0.455. The largest absolute Gasteiger partial charge is 0.378 e. The van der Waals surface area contributed by atoms with Crippen LogP contribution in [-0.4, -0.2) is 24.5 Å². The number of hydrogen-bond donors (Lipinski definition) is 1. The van der Waals surface area contributed by atoms with Crippen LogP contribution in [0.5, 0.6) is 0 Å². The van der Waals surface area contributed by atoms with E-state index in [1.807, 2.05) is 12.1 Å². The van der Waals surface area contributed by atoms with E-state index in [4.69, 9.17) is 0 Å². The first kappa shape index (κ1) is 18.8. The molecular weight excluding hydrogens is 330 g/mol. The first-order valence-electron chi connectivity index (χ1n) is 9.51. The molecule has 0 aliphatic carbocycles. The van der Waals surface area contributed by atoms with Gasteiger partial charge in [-0.3, -0.25) is 0 Å². The second-order valence-electron chi connectivity index (χ2n) is 7.71. The Balaban J connectivity index is 1.75. The Kier molecular flexibility index (Phi) is 6.25. The molecule has 1 aliphatic heterocycles. The number of benzene rings is 2. The lowest BCUT2D eigenvalue weighted by Gasteiger charge is -2.37. The van der Waals surface area contributed by atoms with E-state index in [-0.39, 0.29) is 17.7 Å². The van der Waals surface area contributed by atoms with Gasteiger partial charge in [0.2, 0.25) is 0 Å². The summed E-state index contributed by atoms with van der Waals surface area (Å²) in [5.41, 5.74) is 1.98. The van der Waals surface area contributed by atoms with Gasteiger partial charge in [-0.05, 0) is 79.7 Å². The van der Waals surface area contributed by atoms with Crippen molar-refractivity contribution in [3.63, 3.8) is 0 Å². The molecule has 1 N–H and O–H groups in total. The first-order chi connectivity index (χ1) is 12.5. The molecule has 26 heavy (non-hydrogen) atoms. The zero-order chi connectivity index (χ0) is 18.5.